The Hall–Kier alpha value is -2.16. The van der Waals surface area contributed by atoms with Gasteiger partial charge in [-0.1, -0.05) is 41.6 Å². The van der Waals surface area contributed by atoms with Crippen molar-refractivity contribution in [3.63, 3.8) is 0 Å². The van der Waals surface area contributed by atoms with E-state index in [0.29, 0.717) is 23.7 Å². The van der Waals surface area contributed by atoms with Crippen molar-refractivity contribution in [2.45, 2.75) is 56.2 Å². The number of benzene rings is 1. The van der Waals surface area contributed by atoms with Crippen LogP contribution in [0, 0.1) is 6.92 Å². The number of carbonyl (C=O) groups excluding carboxylic acids is 1. The lowest BCUT2D eigenvalue weighted by molar-refractivity contribution is -0.118. The fraction of sp³-hybridized carbons (Fsp3) is 0.429. The van der Waals surface area contributed by atoms with Crippen LogP contribution in [0.25, 0.3) is 10.9 Å². The van der Waals surface area contributed by atoms with Gasteiger partial charge in [0.05, 0.1) is 28.9 Å². The first-order valence-electron chi connectivity index (χ1n) is 10.0. The third kappa shape index (κ3) is 4.61. The number of rotatable bonds is 8. The smallest absolute Gasteiger partial charge is 0.217 e. The molecule has 30 heavy (non-hydrogen) atoms. The van der Waals surface area contributed by atoms with Gasteiger partial charge in [-0.25, -0.2) is 0 Å². The van der Waals surface area contributed by atoms with E-state index in [1.807, 2.05) is 35.8 Å². The van der Waals surface area contributed by atoms with Crippen LogP contribution >= 0.6 is 23.4 Å². The summed E-state index contributed by atoms with van der Waals surface area (Å²) in [5, 5.41) is 11.2. The second-order valence-corrected chi connectivity index (χ2v) is 8.73. The summed E-state index contributed by atoms with van der Waals surface area (Å²) in [4.78, 5) is 16.0. The summed E-state index contributed by atoms with van der Waals surface area (Å²) in [6.45, 7) is 3.46. The Morgan fingerprint density at radius 2 is 2.20 bits per heavy atom. The van der Waals surface area contributed by atoms with Crippen LogP contribution in [0.1, 0.15) is 36.3 Å². The molecule has 0 saturated carbocycles. The van der Waals surface area contributed by atoms with Crippen molar-refractivity contribution in [3.8, 4) is 0 Å². The normalized spacial score (nSPS) is 16.4. The minimum atomic E-state index is -0.349. The molecule has 0 radical (unpaired) electrons. The molecule has 1 aromatic carbocycles. The molecule has 7 nitrogen and oxygen atoms in total. The van der Waals surface area contributed by atoms with E-state index in [2.05, 4.69) is 10.2 Å². The van der Waals surface area contributed by atoms with E-state index in [-0.39, 0.29) is 18.4 Å². The maximum Gasteiger partial charge on any atom is 0.217 e. The molecule has 1 amide bonds. The molecule has 0 aliphatic carbocycles. The second-order valence-electron chi connectivity index (χ2n) is 7.41. The number of carbonyl (C=O) groups is 1. The average molecular weight is 446 g/mol. The number of fused-ring (bicyclic) bond motifs is 1. The lowest BCUT2D eigenvalue weighted by atomic mass is 10.1. The zero-order valence-electron chi connectivity index (χ0n) is 16.8. The first-order valence-corrected chi connectivity index (χ1v) is 11.4. The number of nitrogens with two attached hydrogens (primary N) is 1. The first kappa shape index (κ1) is 21.1. The van der Waals surface area contributed by atoms with Crippen LogP contribution in [0.3, 0.4) is 0 Å². The number of primary amides is 1. The van der Waals surface area contributed by atoms with Gasteiger partial charge in [-0.3, -0.25) is 9.78 Å². The van der Waals surface area contributed by atoms with Crippen LogP contribution < -0.4 is 5.73 Å². The number of pyridine rings is 1. The van der Waals surface area contributed by atoms with E-state index in [1.54, 1.807) is 11.8 Å². The fourth-order valence-electron chi connectivity index (χ4n) is 3.67. The second kappa shape index (κ2) is 9.32. The molecule has 3 aromatic rings. The van der Waals surface area contributed by atoms with Crippen LogP contribution in [0.15, 0.2) is 29.4 Å². The van der Waals surface area contributed by atoms with E-state index in [0.717, 1.165) is 52.6 Å². The van der Waals surface area contributed by atoms with Gasteiger partial charge in [0, 0.05) is 30.6 Å². The Balaban J connectivity index is 1.57. The zero-order valence-corrected chi connectivity index (χ0v) is 18.4. The van der Waals surface area contributed by atoms with Gasteiger partial charge in [-0.2, -0.15) is 0 Å². The molecule has 158 valence electrons. The molecule has 2 N–H and O–H groups in total. The number of hydrogen-bond donors (Lipinski definition) is 1. The van der Waals surface area contributed by atoms with E-state index in [1.165, 1.54) is 0 Å². The molecular weight excluding hydrogens is 422 g/mol. The van der Waals surface area contributed by atoms with Crippen molar-refractivity contribution in [3.05, 3.63) is 46.4 Å². The summed E-state index contributed by atoms with van der Waals surface area (Å²) < 4.78 is 7.84. The van der Waals surface area contributed by atoms with Crippen molar-refractivity contribution >= 4 is 40.2 Å². The van der Waals surface area contributed by atoms with E-state index in [9.17, 15) is 4.79 Å². The Morgan fingerprint density at radius 3 is 2.97 bits per heavy atom. The third-order valence-electron chi connectivity index (χ3n) is 5.28. The molecular formula is C21H24ClN5O2S. The topological polar surface area (TPSA) is 95.9 Å². The predicted octanol–water partition coefficient (Wildman–Crippen LogP) is 3.68. The molecule has 1 aliphatic rings. The van der Waals surface area contributed by atoms with Gasteiger partial charge < -0.3 is 15.0 Å². The highest BCUT2D eigenvalue weighted by Gasteiger charge is 2.22. The highest BCUT2D eigenvalue weighted by molar-refractivity contribution is 7.98. The van der Waals surface area contributed by atoms with Crippen LogP contribution in [0.4, 0.5) is 0 Å². The minimum Gasteiger partial charge on any atom is -0.376 e. The molecule has 3 heterocycles. The Kier molecular flexibility index (Phi) is 6.55. The van der Waals surface area contributed by atoms with E-state index >= 15 is 0 Å². The number of amides is 1. The Bertz CT molecular complexity index is 1060. The number of nitrogens with zero attached hydrogens (tertiary/aromatic N) is 4. The van der Waals surface area contributed by atoms with Crippen LogP contribution in [-0.2, 0) is 28.2 Å². The lowest BCUT2D eigenvalue weighted by Gasteiger charge is -2.15. The van der Waals surface area contributed by atoms with Crippen LogP contribution in [0.2, 0.25) is 5.02 Å². The summed E-state index contributed by atoms with van der Waals surface area (Å²) in [6, 6.07) is 7.99. The minimum absolute atomic E-state index is 0.136. The molecule has 0 spiro atoms. The van der Waals surface area contributed by atoms with E-state index in [4.69, 9.17) is 27.1 Å². The zero-order chi connectivity index (χ0) is 21.1. The number of halogens is 1. The summed E-state index contributed by atoms with van der Waals surface area (Å²) in [7, 11) is 0. The van der Waals surface area contributed by atoms with Gasteiger partial charge in [0.1, 0.15) is 5.82 Å². The maximum atomic E-state index is 11.2. The molecule has 1 aliphatic heterocycles. The van der Waals surface area contributed by atoms with Crippen LogP contribution in [-0.4, -0.2) is 38.4 Å². The third-order valence-corrected chi connectivity index (χ3v) is 6.76. The number of aromatic nitrogens is 4. The van der Waals surface area contributed by atoms with Crippen molar-refractivity contribution < 1.29 is 9.53 Å². The number of ether oxygens (including phenoxy) is 1. The van der Waals surface area contributed by atoms with Gasteiger partial charge in [0.2, 0.25) is 5.91 Å². The summed E-state index contributed by atoms with van der Waals surface area (Å²) in [5.74, 6) is 0.975. The Morgan fingerprint density at radius 1 is 1.37 bits per heavy atom. The molecule has 0 bridgehead atoms. The molecule has 0 unspecified atom stereocenters. The number of thioether (sulfide) groups is 1. The van der Waals surface area contributed by atoms with Gasteiger partial charge in [0.15, 0.2) is 5.16 Å². The number of aryl methyl sites for hydroxylation is 2. The molecule has 1 fully saturated rings. The molecule has 2 aromatic heterocycles. The van der Waals surface area contributed by atoms with Gasteiger partial charge in [-0.15, -0.1) is 10.2 Å². The Labute approximate surface area is 184 Å². The summed E-state index contributed by atoms with van der Waals surface area (Å²) in [5.41, 5.74) is 8.10. The standard InChI is InChI=1S/C21H24ClN5O2S/c1-13-15-6-2-3-7-16(15)24-17(20(13)22)12-30-21-26-25-19(9-8-18(23)28)27(21)11-14-5-4-10-29-14/h2-3,6-7,14H,4-5,8-12H2,1H3,(H2,23,28)/t14-/m0/s1. The average Bonchev–Trinajstić information content (AvgIpc) is 3.38. The van der Waals surface area contributed by atoms with Gasteiger partial charge >= 0.3 is 0 Å². The summed E-state index contributed by atoms with van der Waals surface area (Å²) >= 11 is 8.16. The quantitative estimate of drug-likeness (QED) is 0.531. The fourth-order valence-corrected chi connectivity index (χ4v) is 4.87. The van der Waals surface area contributed by atoms with E-state index < -0.39 is 0 Å². The van der Waals surface area contributed by atoms with Gasteiger partial charge in [0.25, 0.3) is 0 Å². The molecule has 9 heteroatoms. The number of hydrogen-bond acceptors (Lipinski definition) is 6. The highest BCUT2D eigenvalue weighted by atomic mass is 35.5. The highest BCUT2D eigenvalue weighted by Crippen LogP contribution is 2.31. The largest absolute Gasteiger partial charge is 0.376 e. The first-order chi connectivity index (χ1) is 14.5. The van der Waals surface area contributed by atoms with Gasteiger partial charge in [-0.05, 0) is 31.4 Å². The van der Waals surface area contributed by atoms with Crippen LogP contribution in [0.5, 0.6) is 0 Å². The van der Waals surface area contributed by atoms with Crippen molar-refractivity contribution in [1.82, 2.24) is 19.7 Å². The lowest BCUT2D eigenvalue weighted by Crippen LogP contribution is -2.19. The maximum absolute atomic E-state index is 11.2. The SMILES string of the molecule is Cc1c(Cl)c(CSc2nnc(CCC(N)=O)n2C[C@@H]2CCCO2)nc2ccccc12. The van der Waals surface area contributed by atoms with Crippen molar-refractivity contribution in [2.75, 3.05) is 6.61 Å². The molecule has 4 rings (SSSR count). The summed E-state index contributed by atoms with van der Waals surface area (Å²) in [6.07, 6.45) is 2.91. The predicted molar refractivity (Wildman–Crippen MR) is 118 cm³/mol. The number of para-hydroxylation sites is 1. The molecule has 1 atom stereocenters. The van der Waals surface area contributed by atoms with Crippen molar-refractivity contribution in [2.24, 2.45) is 5.73 Å². The van der Waals surface area contributed by atoms with Crippen molar-refractivity contribution in [1.29, 1.82) is 0 Å². The molecule has 1 saturated heterocycles. The monoisotopic (exact) mass is 445 g/mol.